The summed E-state index contributed by atoms with van der Waals surface area (Å²) in [5, 5.41) is 9.39. The first-order valence-corrected chi connectivity index (χ1v) is 5.82. The van der Waals surface area contributed by atoms with Gasteiger partial charge in [-0.3, -0.25) is 0 Å². The van der Waals surface area contributed by atoms with Crippen LogP contribution in [0.4, 0.5) is 0 Å². The summed E-state index contributed by atoms with van der Waals surface area (Å²) >= 11 is 5.67. The topological polar surface area (TPSA) is 46.0 Å². The number of nitrogens with zero attached hydrogens (tertiary/aromatic N) is 2. The minimum absolute atomic E-state index is 0.110. The van der Waals surface area contributed by atoms with Gasteiger partial charge in [0.1, 0.15) is 0 Å². The first-order chi connectivity index (χ1) is 8.31. The molecule has 0 radical (unpaired) electrons. The zero-order chi connectivity index (χ0) is 12.1. The lowest BCUT2D eigenvalue weighted by Crippen LogP contribution is -2.04. The fourth-order valence-electron chi connectivity index (χ4n) is 1.84. The summed E-state index contributed by atoms with van der Waals surface area (Å²) in [6.45, 7) is 0.127. The molecule has 17 heavy (non-hydrogen) atoms. The molecular weight excluding hydrogens is 236 g/mol. The Hall–Kier alpha value is -1.45. The van der Waals surface area contributed by atoms with Gasteiger partial charge in [-0.25, -0.2) is 9.97 Å². The normalized spacial score (nSPS) is 12.4. The molecule has 0 saturated carbocycles. The molecule has 1 aromatic heterocycles. The van der Waals surface area contributed by atoms with E-state index in [4.69, 9.17) is 16.7 Å². The van der Waals surface area contributed by atoms with Gasteiger partial charge in [-0.05, 0) is 29.1 Å². The Labute approximate surface area is 105 Å². The molecule has 1 heterocycles. The van der Waals surface area contributed by atoms with Gasteiger partial charge in [-0.15, -0.1) is 0 Å². The molecule has 1 aromatic carbocycles. The largest absolute Gasteiger partial charge is 0.396 e. The van der Waals surface area contributed by atoms with Crippen LogP contribution in [0.3, 0.4) is 0 Å². The zero-order valence-electron chi connectivity index (χ0n) is 9.25. The van der Waals surface area contributed by atoms with E-state index in [1.54, 1.807) is 12.4 Å². The minimum Gasteiger partial charge on any atom is -0.396 e. The molecule has 0 aliphatic rings. The smallest absolute Gasteiger partial charge is 0.222 e. The number of hydrogen-bond donors (Lipinski definition) is 1. The van der Waals surface area contributed by atoms with Crippen LogP contribution >= 0.6 is 11.6 Å². The van der Waals surface area contributed by atoms with Crippen LogP contribution in [0.25, 0.3) is 0 Å². The van der Waals surface area contributed by atoms with Crippen LogP contribution in [-0.4, -0.2) is 21.7 Å². The van der Waals surface area contributed by atoms with Crippen LogP contribution in [-0.2, 0) is 0 Å². The van der Waals surface area contributed by atoms with Crippen LogP contribution in [0, 0.1) is 0 Å². The third-order valence-electron chi connectivity index (χ3n) is 2.66. The van der Waals surface area contributed by atoms with Crippen molar-refractivity contribution in [2.45, 2.75) is 12.3 Å². The number of aliphatic hydroxyl groups excluding tert-OH is 1. The van der Waals surface area contributed by atoms with E-state index in [1.807, 2.05) is 30.3 Å². The zero-order valence-corrected chi connectivity index (χ0v) is 10.0. The van der Waals surface area contributed by atoms with Crippen molar-refractivity contribution in [2.75, 3.05) is 6.61 Å². The van der Waals surface area contributed by atoms with Gasteiger partial charge in [0, 0.05) is 24.9 Å². The van der Waals surface area contributed by atoms with E-state index in [9.17, 15) is 0 Å². The van der Waals surface area contributed by atoms with Crippen molar-refractivity contribution in [3.05, 3.63) is 59.1 Å². The van der Waals surface area contributed by atoms with E-state index in [1.165, 1.54) is 0 Å². The molecule has 2 rings (SSSR count). The van der Waals surface area contributed by atoms with Gasteiger partial charge in [0.05, 0.1) is 0 Å². The van der Waals surface area contributed by atoms with E-state index < -0.39 is 0 Å². The van der Waals surface area contributed by atoms with Crippen molar-refractivity contribution >= 4 is 11.6 Å². The third kappa shape index (κ3) is 3.02. The Bertz CT molecular complexity index is 459. The summed E-state index contributed by atoms with van der Waals surface area (Å²) in [6, 6.07) is 10.0. The molecule has 0 aliphatic carbocycles. The van der Waals surface area contributed by atoms with E-state index in [0.717, 1.165) is 11.1 Å². The minimum atomic E-state index is 0.110. The van der Waals surface area contributed by atoms with Crippen LogP contribution in [0.15, 0.2) is 42.7 Å². The van der Waals surface area contributed by atoms with E-state index in [0.29, 0.717) is 6.42 Å². The molecule has 0 amide bonds. The predicted octanol–water partition coefficient (Wildman–Crippen LogP) is 2.64. The molecule has 0 aliphatic heterocycles. The molecule has 1 N–H and O–H groups in total. The van der Waals surface area contributed by atoms with Crippen molar-refractivity contribution < 1.29 is 5.11 Å². The third-order valence-corrected chi connectivity index (χ3v) is 2.86. The van der Waals surface area contributed by atoms with Crippen LogP contribution in [0.5, 0.6) is 0 Å². The lowest BCUT2D eigenvalue weighted by Gasteiger charge is -2.15. The Morgan fingerprint density at radius 1 is 1.06 bits per heavy atom. The van der Waals surface area contributed by atoms with Gasteiger partial charge >= 0.3 is 0 Å². The quantitative estimate of drug-likeness (QED) is 0.846. The lowest BCUT2D eigenvalue weighted by atomic mass is 9.91. The number of rotatable bonds is 4. The number of benzene rings is 1. The molecule has 0 fully saturated rings. The lowest BCUT2D eigenvalue weighted by molar-refractivity contribution is 0.281. The molecule has 0 unspecified atom stereocenters. The summed E-state index contributed by atoms with van der Waals surface area (Å²) in [4.78, 5) is 7.96. The Kier molecular flexibility index (Phi) is 4.07. The van der Waals surface area contributed by atoms with Gasteiger partial charge in [0.2, 0.25) is 5.28 Å². The maximum atomic E-state index is 9.15. The summed E-state index contributed by atoms with van der Waals surface area (Å²) in [5.74, 6) is 0.110. The molecule has 2 aromatic rings. The van der Waals surface area contributed by atoms with E-state index in [-0.39, 0.29) is 17.8 Å². The average Bonchev–Trinajstić information content (AvgIpc) is 2.38. The number of aliphatic hydroxyl groups is 1. The van der Waals surface area contributed by atoms with Gasteiger partial charge in [-0.1, -0.05) is 30.3 Å². The molecule has 0 bridgehead atoms. The summed E-state index contributed by atoms with van der Waals surface area (Å²) in [7, 11) is 0. The molecule has 0 saturated heterocycles. The predicted molar refractivity (Wildman–Crippen MR) is 67.0 cm³/mol. The molecule has 4 heteroatoms. The first-order valence-electron chi connectivity index (χ1n) is 5.44. The van der Waals surface area contributed by atoms with Crippen molar-refractivity contribution in [3.63, 3.8) is 0 Å². The van der Waals surface area contributed by atoms with Gasteiger partial charge in [-0.2, -0.15) is 0 Å². The second kappa shape index (κ2) is 5.75. The standard InChI is InChI=1S/C13H13ClN2O/c14-13-15-8-11(9-16-13)12(6-7-17)10-4-2-1-3-5-10/h1-5,8-9,12,17H,6-7H2/t12-/m0/s1. The molecule has 3 nitrogen and oxygen atoms in total. The fraction of sp³-hybridized carbons (Fsp3) is 0.231. The van der Waals surface area contributed by atoms with E-state index >= 15 is 0 Å². The van der Waals surface area contributed by atoms with Crippen LogP contribution < -0.4 is 0 Å². The molecule has 1 atom stereocenters. The Morgan fingerprint density at radius 2 is 1.71 bits per heavy atom. The highest BCUT2D eigenvalue weighted by molar-refractivity contribution is 6.28. The van der Waals surface area contributed by atoms with E-state index in [2.05, 4.69) is 9.97 Å². The van der Waals surface area contributed by atoms with Crippen molar-refractivity contribution in [1.82, 2.24) is 9.97 Å². The highest BCUT2D eigenvalue weighted by atomic mass is 35.5. The maximum absolute atomic E-state index is 9.15. The van der Waals surface area contributed by atoms with Gasteiger partial charge in [0.25, 0.3) is 0 Å². The highest BCUT2D eigenvalue weighted by Crippen LogP contribution is 2.26. The van der Waals surface area contributed by atoms with Crippen molar-refractivity contribution in [3.8, 4) is 0 Å². The number of aromatic nitrogens is 2. The second-order valence-electron chi connectivity index (χ2n) is 3.76. The summed E-state index contributed by atoms with van der Waals surface area (Å²) in [6.07, 6.45) is 4.07. The van der Waals surface area contributed by atoms with Gasteiger partial charge in [0.15, 0.2) is 0 Å². The summed E-state index contributed by atoms with van der Waals surface area (Å²) < 4.78 is 0. The Balaban J connectivity index is 2.32. The molecule has 88 valence electrons. The van der Waals surface area contributed by atoms with Crippen LogP contribution in [0.1, 0.15) is 23.5 Å². The monoisotopic (exact) mass is 248 g/mol. The average molecular weight is 249 g/mol. The number of halogens is 1. The highest BCUT2D eigenvalue weighted by Gasteiger charge is 2.14. The molecular formula is C13H13ClN2O. The van der Waals surface area contributed by atoms with Crippen LogP contribution in [0.2, 0.25) is 5.28 Å². The maximum Gasteiger partial charge on any atom is 0.222 e. The summed E-state index contributed by atoms with van der Waals surface area (Å²) in [5.41, 5.74) is 2.11. The fourth-order valence-corrected chi connectivity index (χ4v) is 1.94. The SMILES string of the molecule is OCC[C@@H](c1ccccc1)c1cnc(Cl)nc1. The number of hydrogen-bond acceptors (Lipinski definition) is 3. The molecule has 0 spiro atoms. The van der Waals surface area contributed by atoms with Crippen molar-refractivity contribution in [1.29, 1.82) is 0 Å². The Morgan fingerprint density at radius 3 is 2.29 bits per heavy atom. The second-order valence-corrected chi connectivity index (χ2v) is 4.10. The van der Waals surface area contributed by atoms with Crippen molar-refractivity contribution in [2.24, 2.45) is 0 Å². The first kappa shape index (κ1) is 12.0. The van der Waals surface area contributed by atoms with Gasteiger partial charge < -0.3 is 5.11 Å².